The molecule has 0 atom stereocenters. The Balaban J connectivity index is 1.09. The fourth-order valence-electron chi connectivity index (χ4n) is 9.37. The summed E-state index contributed by atoms with van der Waals surface area (Å²) in [5.74, 6) is 1.72. The molecule has 0 aliphatic carbocycles. The maximum Gasteiger partial charge on any atom is 0.167 e. The number of aromatic nitrogens is 4. The first-order valence-corrected chi connectivity index (χ1v) is 20.9. The third-order valence-electron chi connectivity index (χ3n) is 12.4. The Kier molecular flexibility index (Phi) is 7.54. The fourth-order valence-corrected chi connectivity index (χ4v) is 9.37. The molecule has 3 aromatic heterocycles. The Labute approximate surface area is 355 Å². The van der Waals surface area contributed by atoms with Crippen LogP contribution in [-0.4, -0.2) is 19.5 Å². The third-order valence-corrected chi connectivity index (χ3v) is 12.4. The van der Waals surface area contributed by atoms with E-state index < -0.39 is 0 Å². The molecule has 0 saturated heterocycles. The maximum absolute atomic E-state index is 6.95. The zero-order chi connectivity index (χ0) is 40.7. The van der Waals surface area contributed by atoms with Crippen LogP contribution in [0.25, 0.3) is 127 Å². The van der Waals surface area contributed by atoms with Crippen molar-refractivity contribution in [1.29, 1.82) is 0 Å². The molecule has 0 unspecified atom stereocenters. The molecule has 0 aliphatic rings. The molecule has 0 saturated carbocycles. The molecule has 13 aromatic rings. The van der Waals surface area contributed by atoms with Gasteiger partial charge in [0.25, 0.3) is 0 Å². The summed E-state index contributed by atoms with van der Waals surface area (Å²) in [5.41, 5.74) is 9.64. The number of nitrogens with zero attached hydrogens (tertiary/aromatic N) is 4. The summed E-state index contributed by atoms with van der Waals surface area (Å²) in [5, 5.41) is 11.5. The van der Waals surface area contributed by atoms with Crippen LogP contribution in [0, 0.1) is 0 Å². The first-order chi connectivity index (χ1) is 30.7. The monoisotopic (exact) mass is 790 g/mol. The quantitative estimate of drug-likeness (QED) is 0.174. The van der Waals surface area contributed by atoms with Crippen LogP contribution in [0.3, 0.4) is 0 Å². The number of benzene rings is 10. The van der Waals surface area contributed by atoms with Gasteiger partial charge in [-0.2, -0.15) is 0 Å². The lowest BCUT2D eigenvalue weighted by atomic mass is 10.0. The molecule has 0 radical (unpaired) electrons. The molecule has 288 valence electrons. The minimum atomic E-state index is 0.540. The molecule has 0 aliphatic heterocycles. The highest BCUT2D eigenvalue weighted by Gasteiger charge is 2.24. The third kappa shape index (κ3) is 5.45. The normalized spacial score (nSPS) is 11.9. The van der Waals surface area contributed by atoms with Crippen molar-refractivity contribution in [3.63, 3.8) is 0 Å². The molecule has 0 amide bonds. The van der Waals surface area contributed by atoms with E-state index in [0.29, 0.717) is 17.5 Å². The lowest BCUT2D eigenvalue weighted by molar-refractivity contribution is 0.669. The maximum atomic E-state index is 6.95. The Morgan fingerprint density at radius 1 is 0.339 bits per heavy atom. The van der Waals surface area contributed by atoms with Crippen LogP contribution >= 0.6 is 0 Å². The van der Waals surface area contributed by atoms with Crippen molar-refractivity contribution in [2.75, 3.05) is 0 Å². The highest BCUT2D eigenvalue weighted by atomic mass is 16.3. The van der Waals surface area contributed by atoms with Crippen molar-refractivity contribution in [1.82, 2.24) is 19.5 Å². The van der Waals surface area contributed by atoms with E-state index in [9.17, 15) is 0 Å². The van der Waals surface area contributed by atoms with Crippen molar-refractivity contribution in [2.45, 2.75) is 0 Å². The smallest absolute Gasteiger partial charge is 0.167 e. The van der Waals surface area contributed by atoms with Gasteiger partial charge in [0.15, 0.2) is 17.5 Å². The van der Waals surface area contributed by atoms with Gasteiger partial charge >= 0.3 is 0 Å². The predicted molar refractivity (Wildman–Crippen MR) is 256 cm³/mol. The highest BCUT2D eigenvalue weighted by molar-refractivity contribution is 6.20. The molecule has 0 fully saturated rings. The van der Waals surface area contributed by atoms with E-state index in [1.54, 1.807) is 0 Å². The summed E-state index contributed by atoms with van der Waals surface area (Å²) in [6, 6.07) is 72.8. The number of rotatable bonds is 5. The van der Waals surface area contributed by atoms with E-state index >= 15 is 0 Å². The van der Waals surface area contributed by atoms with Gasteiger partial charge in [-0.05, 0) is 98.0 Å². The summed E-state index contributed by atoms with van der Waals surface area (Å²) in [7, 11) is 0. The second kappa shape index (κ2) is 13.6. The highest BCUT2D eigenvalue weighted by Crippen LogP contribution is 2.44. The van der Waals surface area contributed by atoms with Crippen LogP contribution in [-0.2, 0) is 0 Å². The van der Waals surface area contributed by atoms with Gasteiger partial charge in [-0.15, -0.1) is 0 Å². The van der Waals surface area contributed by atoms with E-state index in [2.05, 4.69) is 193 Å². The van der Waals surface area contributed by atoms with Crippen LogP contribution in [0.2, 0.25) is 0 Å². The summed E-state index contributed by atoms with van der Waals surface area (Å²) in [6.07, 6.45) is 0. The van der Waals surface area contributed by atoms with Crippen LogP contribution < -0.4 is 0 Å². The molecular formula is C57H34N4O. The SMILES string of the molecule is c1ccc(-c2cccc(-c3nc(-c4ccc5ccccc5c4)nc(-c4ccc(-n5c6cc7ccccc7cc6c6cc7ccccc7cc65)c5c4oc4ccccc45)n3)c2)cc1. The second-order valence-electron chi connectivity index (χ2n) is 16.0. The first-order valence-electron chi connectivity index (χ1n) is 20.9. The standard InChI is InChI=1S/C57H34N4O/c1-2-13-35(14-3-1)38-21-12-22-43(29-38)55-58-56(44-26-25-36-15-4-5-16-37(36)30-44)60-57(59-55)46-27-28-49(53-45-23-10-11-24-52(45)62-54(46)53)61-50-33-41-19-8-6-17-39(41)31-47(50)48-32-40-18-7-9-20-42(40)34-51(48)61/h1-34H. The van der Waals surface area contributed by atoms with Crippen molar-refractivity contribution < 1.29 is 4.42 Å². The van der Waals surface area contributed by atoms with E-state index in [0.717, 1.165) is 77.2 Å². The Hall–Kier alpha value is -8.41. The number of para-hydroxylation sites is 1. The Bertz CT molecular complexity index is 3840. The molecule has 3 heterocycles. The van der Waals surface area contributed by atoms with Crippen molar-refractivity contribution in [3.05, 3.63) is 206 Å². The minimum absolute atomic E-state index is 0.540. The average molecular weight is 791 g/mol. The molecule has 13 rings (SSSR count). The van der Waals surface area contributed by atoms with E-state index in [1.807, 2.05) is 18.2 Å². The van der Waals surface area contributed by atoms with Crippen molar-refractivity contribution in [3.8, 4) is 51.0 Å². The summed E-state index contributed by atoms with van der Waals surface area (Å²) < 4.78 is 9.38. The average Bonchev–Trinajstić information content (AvgIpc) is 3.87. The van der Waals surface area contributed by atoms with Crippen LogP contribution in [0.4, 0.5) is 0 Å². The molecule has 10 aromatic carbocycles. The van der Waals surface area contributed by atoms with Gasteiger partial charge in [0.05, 0.1) is 27.7 Å². The molecule has 0 N–H and O–H groups in total. The zero-order valence-electron chi connectivity index (χ0n) is 33.3. The topological polar surface area (TPSA) is 56.7 Å². The predicted octanol–water partition coefficient (Wildman–Crippen LogP) is 15.0. The van der Waals surface area contributed by atoms with Crippen LogP contribution in [0.5, 0.6) is 0 Å². The van der Waals surface area contributed by atoms with E-state index in [4.69, 9.17) is 19.4 Å². The van der Waals surface area contributed by atoms with Gasteiger partial charge in [0, 0.05) is 27.3 Å². The molecule has 0 spiro atoms. The van der Waals surface area contributed by atoms with Crippen molar-refractivity contribution >= 4 is 76.1 Å². The minimum Gasteiger partial charge on any atom is -0.455 e. The molecule has 5 nitrogen and oxygen atoms in total. The van der Waals surface area contributed by atoms with Gasteiger partial charge in [0.1, 0.15) is 11.2 Å². The summed E-state index contributed by atoms with van der Waals surface area (Å²) in [6.45, 7) is 0. The van der Waals surface area contributed by atoms with E-state index in [-0.39, 0.29) is 0 Å². The van der Waals surface area contributed by atoms with Gasteiger partial charge in [-0.25, -0.2) is 15.0 Å². The molecule has 0 bridgehead atoms. The largest absolute Gasteiger partial charge is 0.455 e. The fraction of sp³-hybridized carbons (Fsp3) is 0. The lowest BCUT2D eigenvalue weighted by Gasteiger charge is -2.13. The lowest BCUT2D eigenvalue weighted by Crippen LogP contribution is -2.01. The van der Waals surface area contributed by atoms with Crippen molar-refractivity contribution in [2.24, 2.45) is 0 Å². The first kappa shape index (κ1) is 34.5. The Morgan fingerprint density at radius 2 is 0.871 bits per heavy atom. The number of hydrogen-bond donors (Lipinski definition) is 0. The van der Waals surface area contributed by atoms with Gasteiger partial charge in [0.2, 0.25) is 0 Å². The zero-order valence-corrected chi connectivity index (χ0v) is 33.3. The number of hydrogen-bond acceptors (Lipinski definition) is 4. The van der Waals surface area contributed by atoms with Crippen LogP contribution in [0.1, 0.15) is 0 Å². The Morgan fingerprint density at radius 3 is 1.56 bits per heavy atom. The van der Waals surface area contributed by atoms with Gasteiger partial charge in [-0.3, -0.25) is 0 Å². The number of furan rings is 1. The summed E-state index contributed by atoms with van der Waals surface area (Å²) in [4.78, 5) is 15.8. The second-order valence-corrected chi connectivity index (χ2v) is 16.0. The van der Waals surface area contributed by atoms with Crippen LogP contribution in [0.15, 0.2) is 211 Å². The number of fused-ring (bicyclic) bond motifs is 9. The molecule has 62 heavy (non-hydrogen) atoms. The van der Waals surface area contributed by atoms with Gasteiger partial charge < -0.3 is 8.98 Å². The summed E-state index contributed by atoms with van der Waals surface area (Å²) >= 11 is 0. The molecular weight excluding hydrogens is 757 g/mol. The van der Waals surface area contributed by atoms with E-state index in [1.165, 1.54) is 32.3 Å². The molecule has 5 heteroatoms. The van der Waals surface area contributed by atoms with Gasteiger partial charge in [-0.1, -0.05) is 152 Å².